The molecule has 2 atom stereocenters. The predicted molar refractivity (Wildman–Crippen MR) is 81.0 cm³/mol. The number of aldehydes is 1. The average molecular weight is 299 g/mol. The molecule has 2 N–H and O–H groups in total. The van der Waals surface area contributed by atoms with E-state index in [4.69, 9.17) is 4.74 Å². The van der Waals surface area contributed by atoms with Crippen LogP contribution in [-0.2, 0) is 9.53 Å². The molecule has 1 aliphatic rings. The smallest absolute Gasteiger partial charge is 0.407 e. The number of ether oxygens (including phenoxy) is 1. The quantitative estimate of drug-likeness (QED) is 0.739. The molecule has 0 heterocycles. The van der Waals surface area contributed by atoms with Crippen molar-refractivity contribution in [1.82, 2.24) is 5.32 Å². The summed E-state index contributed by atoms with van der Waals surface area (Å²) in [7, 11) is 0. The van der Waals surface area contributed by atoms with Crippen molar-refractivity contribution in [2.75, 3.05) is 0 Å². The van der Waals surface area contributed by atoms with Gasteiger partial charge in [-0.05, 0) is 33.1 Å². The fraction of sp³-hybridized carbons (Fsp3) is 0.875. The van der Waals surface area contributed by atoms with Crippen LogP contribution in [0.4, 0.5) is 4.79 Å². The largest absolute Gasteiger partial charge is 0.444 e. The molecule has 0 radical (unpaired) electrons. The summed E-state index contributed by atoms with van der Waals surface area (Å²) in [5.74, 6) is 0.500. The molecule has 1 rings (SSSR count). The number of hydrogen-bond acceptors (Lipinski definition) is 4. The van der Waals surface area contributed by atoms with Gasteiger partial charge in [-0.1, -0.05) is 32.1 Å². The molecule has 0 bridgehead atoms. The summed E-state index contributed by atoms with van der Waals surface area (Å²) in [5, 5.41) is 12.8. The maximum Gasteiger partial charge on any atom is 0.407 e. The van der Waals surface area contributed by atoms with E-state index >= 15 is 0 Å². The summed E-state index contributed by atoms with van der Waals surface area (Å²) in [6.07, 6.45) is 5.96. The van der Waals surface area contributed by atoms with Crippen LogP contribution in [0.25, 0.3) is 0 Å². The fourth-order valence-corrected chi connectivity index (χ4v) is 2.82. The van der Waals surface area contributed by atoms with Crippen molar-refractivity contribution in [3.63, 3.8) is 0 Å². The van der Waals surface area contributed by atoms with Crippen LogP contribution in [0.5, 0.6) is 0 Å². The van der Waals surface area contributed by atoms with E-state index in [0.29, 0.717) is 18.6 Å². The molecule has 5 heteroatoms. The number of amides is 1. The monoisotopic (exact) mass is 299 g/mol. The number of carbonyl (C=O) groups excluding carboxylic acids is 2. The van der Waals surface area contributed by atoms with Crippen molar-refractivity contribution in [2.45, 2.75) is 83.5 Å². The van der Waals surface area contributed by atoms with Gasteiger partial charge in [0.05, 0.1) is 12.1 Å². The van der Waals surface area contributed by atoms with Crippen LogP contribution >= 0.6 is 0 Å². The van der Waals surface area contributed by atoms with Gasteiger partial charge in [-0.25, -0.2) is 4.79 Å². The highest BCUT2D eigenvalue weighted by Crippen LogP contribution is 2.28. The zero-order chi connectivity index (χ0) is 15.9. The molecule has 5 nitrogen and oxygen atoms in total. The maximum absolute atomic E-state index is 11.9. The van der Waals surface area contributed by atoms with E-state index < -0.39 is 23.8 Å². The van der Waals surface area contributed by atoms with E-state index in [2.05, 4.69) is 5.32 Å². The zero-order valence-corrected chi connectivity index (χ0v) is 13.4. The van der Waals surface area contributed by atoms with Gasteiger partial charge in [-0.3, -0.25) is 0 Å². The van der Waals surface area contributed by atoms with Crippen LogP contribution in [0.15, 0.2) is 0 Å². The molecular formula is C16H29NO4. The topological polar surface area (TPSA) is 75.6 Å². The molecule has 1 saturated carbocycles. The standard InChI is InChI=1S/C16H29NO4/c1-16(2,3)21-15(20)17-13(14(19)9-10-18)11-12-7-5-4-6-8-12/h10,12-14,19H,4-9,11H2,1-3H3,(H,17,20)/t13-,14+/m0/s1. The highest BCUT2D eigenvalue weighted by atomic mass is 16.6. The normalized spacial score (nSPS) is 19.6. The van der Waals surface area contributed by atoms with Crippen molar-refractivity contribution in [1.29, 1.82) is 0 Å². The third-order valence-electron chi connectivity index (χ3n) is 3.82. The van der Waals surface area contributed by atoms with E-state index in [0.717, 1.165) is 12.8 Å². The third-order valence-corrected chi connectivity index (χ3v) is 3.82. The second kappa shape index (κ2) is 8.37. The minimum absolute atomic E-state index is 0.0349. The minimum Gasteiger partial charge on any atom is -0.444 e. The fourth-order valence-electron chi connectivity index (χ4n) is 2.82. The molecule has 1 aliphatic carbocycles. The number of aliphatic hydroxyl groups excluding tert-OH is 1. The first-order chi connectivity index (χ1) is 9.81. The van der Waals surface area contributed by atoms with Gasteiger partial charge in [0.15, 0.2) is 0 Å². The van der Waals surface area contributed by atoms with Crippen LogP contribution in [0, 0.1) is 5.92 Å². The van der Waals surface area contributed by atoms with E-state index in [1.54, 1.807) is 20.8 Å². The molecule has 0 aromatic carbocycles. The lowest BCUT2D eigenvalue weighted by Gasteiger charge is -2.30. The first kappa shape index (κ1) is 18.0. The molecule has 0 aromatic rings. The van der Waals surface area contributed by atoms with E-state index in [-0.39, 0.29) is 6.42 Å². The lowest BCUT2D eigenvalue weighted by atomic mass is 9.83. The van der Waals surface area contributed by atoms with Crippen molar-refractivity contribution < 1.29 is 19.4 Å². The van der Waals surface area contributed by atoms with Crippen LogP contribution in [0.1, 0.15) is 65.7 Å². The van der Waals surface area contributed by atoms with E-state index in [1.807, 2.05) is 0 Å². The Hall–Kier alpha value is -1.10. The van der Waals surface area contributed by atoms with Crippen molar-refractivity contribution in [2.24, 2.45) is 5.92 Å². The molecule has 21 heavy (non-hydrogen) atoms. The van der Waals surface area contributed by atoms with Crippen molar-refractivity contribution in [3.8, 4) is 0 Å². The average Bonchev–Trinajstić information content (AvgIpc) is 2.37. The zero-order valence-electron chi connectivity index (χ0n) is 13.4. The molecule has 0 aromatic heterocycles. The molecule has 0 unspecified atom stereocenters. The lowest BCUT2D eigenvalue weighted by molar-refractivity contribution is -0.110. The number of alkyl carbamates (subject to hydrolysis) is 1. The second-order valence-corrected chi connectivity index (χ2v) is 6.96. The maximum atomic E-state index is 11.9. The van der Waals surface area contributed by atoms with Gasteiger partial charge in [0, 0.05) is 6.42 Å². The Bertz CT molecular complexity index is 332. The van der Waals surface area contributed by atoms with Gasteiger partial charge in [-0.15, -0.1) is 0 Å². The first-order valence-electron chi connectivity index (χ1n) is 7.93. The summed E-state index contributed by atoms with van der Waals surface area (Å²) in [5.41, 5.74) is -0.574. The van der Waals surface area contributed by atoms with E-state index in [9.17, 15) is 14.7 Å². The first-order valence-corrected chi connectivity index (χ1v) is 7.93. The van der Waals surface area contributed by atoms with Crippen LogP contribution in [-0.4, -0.2) is 35.2 Å². The van der Waals surface area contributed by atoms with Crippen LogP contribution in [0.3, 0.4) is 0 Å². The van der Waals surface area contributed by atoms with Gasteiger partial charge in [0.2, 0.25) is 0 Å². The van der Waals surface area contributed by atoms with Crippen LogP contribution < -0.4 is 5.32 Å². The van der Waals surface area contributed by atoms with Gasteiger partial charge in [0.1, 0.15) is 11.9 Å². The Morgan fingerprint density at radius 2 is 1.95 bits per heavy atom. The van der Waals surface area contributed by atoms with Gasteiger partial charge >= 0.3 is 6.09 Å². The van der Waals surface area contributed by atoms with Gasteiger partial charge in [-0.2, -0.15) is 0 Å². The summed E-state index contributed by atoms with van der Waals surface area (Å²) in [6, 6.07) is -0.423. The Kier molecular flexibility index (Phi) is 7.15. The molecule has 122 valence electrons. The molecule has 1 amide bonds. The minimum atomic E-state index is -0.850. The Balaban J connectivity index is 2.58. The number of hydrogen-bond donors (Lipinski definition) is 2. The number of rotatable bonds is 6. The molecule has 1 fully saturated rings. The lowest BCUT2D eigenvalue weighted by Crippen LogP contribution is -2.46. The highest BCUT2D eigenvalue weighted by Gasteiger charge is 2.27. The summed E-state index contributed by atoms with van der Waals surface area (Å²) in [4.78, 5) is 22.5. The number of nitrogens with one attached hydrogen (secondary N) is 1. The Labute approximate surface area is 127 Å². The van der Waals surface area contributed by atoms with Crippen molar-refractivity contribution >= 4 is 12.4 Å². The van der Waals surface area contributed by atoms with Gasteiger partial charge in [0.25, 0.3) is 0 Å². The SMILES string of the molecule is CC(C)(C)OC(=O)N[C@@H](CC1CCCCC1)[C@H](O)CC=O. The summed E-state index contributed by atoms with van der Waals surface area (Å²) in [6.45, 7) is 5.39. The molecule has 0 aliphatic heterocycles. The third kappa shape index (κ3) is 7.46. The van der Waals surface area contributed by atoms with Crippen LogP contribution in [0.2, 0.25) is 0 Å². The summed E-state index contributed by atoms with van der Waals surface area (Å²) < 4.78 is 5.24. The van der Waals surface area contributed by atoms with Gasteiger partial charge < -0.3 is 20.0 Å². The number of aliphatic hydroxyl groups is 1. The highest BCUT2D eigenvalue weighted by molar-refractivity contribution is 5.68. The Morgan fingerprint density at radius 3 is 2.48 bits per heavy atom. The second-order valence-electron chi connectivity index (χ2n) is 6.96. The van der Waals surface area contributed by atoms with Crippen molar-refractivity contribution in [3.05, 3.63) is 0 Å². The predicted octanol–water partition coefficient (Wildman–Crippen LogP) is 2.80. The molecular weight excluding hydrogens is 270 g/mol. The Morgan fingerprint density at radius 1 is 1.33 bits per heavy atom. The van der Waals surface area contributed by atoms with E-state index in [1.165, 1.54) is 19.3 Å². The summed E-state index contributed by atoms with van der Waals surface area (Å²) >= 11 is 0. The molecule has 0 saturated heterocycles. The number of carbonyl (C=O) groups is 2. The molecule has 0 spiro atoms.